The number of amides is 1. The van der Waals surface area contributed by atoms with E-state index in [9.17, 15) is 14.7 Å². The van der Waals surface area contributed by atoms with Gasteiger partial charge in [-0.1, -0.05) is 64.7 Å². The molecular formula is C18H33NO4. The molecule has 0 radical (unpaired) electrons. The van der Waals surface area contributed by atoms with Gasteiger partial charge in [-0.2, -0.15) is 0 Å². The molecule has 0 aliphatic carbocycles. The molecule has 2 N–H and O–H groups in total. The number of hydrogen-bond acceptors (Lipinski definition) is 4. The molecular weight excluding hydrogens is 294 g/mol. The maximum atomic E-state index is 11.7. The molecule has 1 rings (SSSR count). The molecule has 1 unspecified atom stereocenters. The molecule has 0 aromatic heterocycles. The fourth-order valence-electron chi connectivity index (χ4n) is 2.89. The number of aliphatic hydroxyl groups is 1. The van der Waals surface area contributed by atoms with E-state index in [0.717, 1.165) is 12.8 Å². The summed E-state index contributed by atoms with van der Waals surface area (Å²) in [6.45, 7) is 2.59. The number of carbonyl (C=O) groups is 2. The third-order valence-corrected chi connectivity index (χ3v) is 4.33. The lowest BCUT2D eigenvalue weighted by molar-refractivity contribution is -0.141. The standard InChI is InChI=1S/C18H33NO4/c1-2-3-4-5-6-7-8-9-10-11-15(20)14-17(21)19-16-12-13-23-18(16)22/h15-16,20H,2-14H2,1H3,(H,19,21)/t15?,16-/m1/s1. The minimum Gasteiger partial charge on any atom is -0.464 e. The summed E-state index contributed by atoms with van der Waals surface area (Å²) in [4.78, 5) is 23.0. The van der Waals surface area contributed by atoms with Crippen molar-refractivity contribution in [3.05, 3.63) is 0 Å². The van der Waals surface area contributed by atoms with Crippen LogP contribution in [0.15, 0.2) is 0 Å². The van der Waals surface area contributed by atoms with E-state index >= 15 is 0 Å². The Kier molecular flexibility index (Phi) is 10.7. The lowest BCUT2D eigenvalue weighted by Crippen LogP contribution is -2.39. The Balaban J connectivity index is 1.94. The third kappa shape index (κ3) is 9.59. The highest BCUT2D eigenvalue weighted by atomic mass is 16.5. The van der Waals surface area contributed by atoms with Crippen LogP contribution in [0.25, 0.3) is 0 Å². The van der Waals surface area contributed by atoms with Gasteiger partial charge in [0.15, 0.2) is 0 Å². The highest BCUT2D eigenvalue weighted by molar-refractivity contribution is 5.85. The molecule has 0 aromatic rings. The van der Waals surface area contributed by atoms with Gasteiger partial charge in [-0.3, -0.25) is 4.79 Å². The van der Waals surface area contributed by atoms with E-state index in [1.807, 2.05) is 0 Å². The molecule has 5 heteroatoms. The van der Waals surface area contributed by atoms with Crippen LogP contribution >= 0.6 is 0 Å². The van der Waals surface area contributed by atoms with E-state index in [1.54, 1.807) is 0 Å². The van der Waals surface area contributed by atoms with Crippen molar-refractivity contribution in [2.24, 2.45) is 0 Å². The molecule has 1 amide bonds. The first kappa shape index (κ1) is 19.9. The minimum absolute atomic E-state index is 0.0702. The zero-order valence-corrected chi connectivity index (χ0v) is 14.5. The van der Waals surface area contributed by atoms with Gasteiger partial charge >= 0.3 is 5.97 Å². The van der Waals surface area contributed by atoms with Crippen molar-refractivity contribution in [2.75, 3.05) is 6.61 Å². The van der Waals surface area contributed by atoms with E-state index in [2.05, 4.69) is 12.2 Å². The molecule has 0 aromatic carbocycles. The Morgan fingerprint density at radius 1 is 1.17 bits per heavy atom. The maximum Gasteiger partial charge on any atom is 0.328 e. The van der Waals surface area contributed by atoms with Gasteiger partial charge in [-0.25, -0.2) is 4.79 Å². The quantitative estimate of drug-likeness (QED) is 0.403. The third-order valence-electron chi connectivity index (χ3n) is 4.33. The summed E-state index contributed by atoms with van der Waals surface area (Å²) in [5.74, 6) is -0.635. The highest BCUT2D eigenvalue weighted by Crippen LogP contribution is 2.13. The number of cyclic esters (lactones) is 1. The van der Waals surface area contributed by atoms with Crippen LogP contribution in [0.4, 0.5) is 0 Å². The fraction of sp³-hybridized carbons (Fsp3) is 0.889. The van der Waals surface area contributed by atoms with Crippen LogP contribution < -0.4 is 5.32 Å². The Labute approximate surface area is 140 Å². The Bertz CT molecular complexity index is 346. The molecule has 23 heavy (non-hydrogen) atoms. The zero-order chi connectivity index (χ0) is 16.9. The monoisotopic (exact) mass is 327 g/mol. The molecule has 0 saturated carbocycles. The summed E-state index contributed by atoms with van der Waals surface area (Å²) < 4.78 is 4.79. The van der Waals surface area contributed by atoms with Crippen LogP contribution in [-0.4, -0.2) is 35.7 Å². The van der Waals surface area contributed by atoms with Gasteiger partial charge in [0.2, 0.25) is 5.91 Å². The van der Waals surface area contributed by atoms with Crippen LogP contribution in [0.3, 0.4) is 0 Å². The first-order valence-electron chi connectivity index (χ1n) is 9.27. The Morgan fingerprint density at radius 2 is 1.78 bits per heavy atom. The van der Waals surface area contributed by atoms with Crippen molar-refractivity contribution in [3.63, 3.8) is 0 Å². The zero-order valence-electron chi connectivity index (χ0n) is 14.5. The summed E-state index contributed by atoms with van der Waals surface area (Å²) in [5.41, 5.74) is 0. The second kappa shape index (κ2) is 12.3. The van der Waals surface area contributed by atoms with Crippen molar-refractivity contribution in [1.82, 2.24) is 5.32 Å². The summed E-state index contributed by atoms with van der Waals surface area (Å²) in [6.07, 6.45) is 11.8. The molecule has 1 aliphatic rings. The average Bonchev–Trinajstić information content (AvgIpc) is 2.90. The number of rotatable bonds is 13. The van der Waals surface area contributed by atoms with Gasteiger partial charge < -0.3 is 15.2 Å². The molecule has 0 spiro atoms. The summed E-state index contributed by atoms with van der Waals surface area (Å²) in [7, 11) is 0. The minimum atomic E-state index is -0.614. The van der Waals surface area contributed by atoms with Gasteiger partial charge in [0.05, 0.1) is 19.1 Å². The van der Waals surface area contributed by atoms with Crippen molar-refractivity contribution >= 4 is 11.9 Å². The summed E-state index contributed by atoms with van der Waals surface area (Å²) in [6, 6.07) is -0.526. The second-order valence-corrected chi connectivity index (χ2v) is 6.55. The maximum absolute atomic E-state index is 11.7. The first-order valence-corrected chi connectivity index (χ1v) is 9.27. The molecule has 1 saturated heterocycles. The molecule has 2 atom stereocenters. The average molecular weight is 327 g/mol. The van der Waals surface area contributed by atoms with E-state index < -0.39 is 12.1 Å². The number of hydrogen-bond donors (Lipinski definition) is 2. The van der Waals surface area contributed by atoms with Crippen LogP contribution in [-0.2, 0) is 14.3 Å². The summed E-state index contributed by atoms with van der Waals surface area (Å²) >= 11 is 0. The highest BCUT2D eigenvalue weighted by Gasteiger charge is 2.28. The molecule has 5 nitrogen and oxygen atoms in total. The lowest BCUT2D eigenvalue weighted by Gasteiger charge is -2.12. The summed E-state index contributed by atoms with van der Waals surface area (Å²) in [5, 5.41) is 12.5. The predicted molar refractivity (Wildman–Crippen MR) is 90.0 cm³/mol. The van der Waals surface area contributed by atoms with E-state index in [0.29, 0.717) is 19.4 Å². The van der Waals surface area contributed by atoms with Gasteiger partial charge in [0, 0.05) is 6.42 Å². The predicted octanol–water partition coefficient (Wildman–Crippen LogP) is 3.09. The van der Waals surface area contributed by atoms with Crippen LogP contribution in [0.2, 0.25) is 0 Å². The topological polar surface area (TPSA) is 75.6 Å². The number of nitrogens with one attached hydrogen (secondary N) is 1. The molecule has 0 bridgehead atoms. The number of carbonyl (C=O) groups excluding carboxylic acids is 2. The van der Waals surface area contributed by atoms with Crippen LogP contribution in [0.1, 0.15) is 84.0 Å². The van der Waals surface area contributed by atoms with E-state index in [4.69, 9.17) is 4.74 Å². The van der Waals surface area contributed by atoms with Gasteiger partial charge in [-0.05, 0) is 6.42 Å². The smallest absolute Gasteiger partial charge is 0.328 e. The largest absolute Gasteiger partial charge is 0.464 e. The molecule has 1 fully saturated rings. The van der Waals surface area contributed by atoms with Crippen molar-refractivity contribution in [3.8, 4) is 0 Å². The lowest BCUT2D eigenvalue weighted by atomic mass is 10.0. The molecule has 134 valence electrons. The molecule has 1 aliphatic heterocycles. The van der Waals surface area contributed by atoms with Gasteiger partial charge in [0.25, 0.3) is 0 Å². The first-order chi connectivity index (χ1) is 11.1. The van der Waals surface area contributed by atoms with E-state index in [-0.39, 0.29) is 18.3 Å². The van der Waals surface area contributed by atoms with Crippen molar-refractivity contribution in [2.45, 2.75) is 96.1 Å². The number of ether oxygens (including phenoxy) is 1. The van der Waals surface area contributed by atoms with Gasteiger partial charge in [0.1, 0.15) is 6.04 Å². The van der Waals surface area contributed by atoms with Crippen molar-refractivity contribution in [1.29, 1.82) is 0 Å². The normalized spacial score (nSPS) is 18.7. The number of aliphatic hydroxyl groups excluding tert-OH is 1. The fourth-order valence-corrected chi connectivity index (χ4v) is 2.89. The molecule has 1 heterocycles. The Morgan fingerprint density at radius 3 is 2.35 bits per heavy atom. The van der Waals surface area contributed by atoms with Crippen LogP contribution in [0.5, 0.6) is 0 Å². The SMILES string of the molecule is CCCCCCCCCCCC(O)CC(=O)N[C@@H]1CCOC1=O. The van der Waals surface area contributed by atoms with Gasteiger partial charge in [-0.15, -0.1) is 0 Å². The number of esters is 1. The Hall–Kier alpha value is -1.10. The van der Waals surface area contributed by atoms with E-state index in [1.165, 1.54) is 44.9 Å². The van der Waals surface area contributed by atoms with Crippen molar-refractivity contribution < 1.29 is 19.4 Å². The van der Waals surface area contributed by atoms with Crippen LogP contribution in [0, 0.1) is 0 Å². The number of unbranched alkanes of at least 4 members (excludes halogenated alkanes) is 8. The second-order valence-electron chi connectivity index (χ2n) is 6.55.